The molecule has 0 spiro atoms. The zero-order valence-electron chi connectivity index (χ0n) is 18.4. The number of para-hydroxylation sites is 1. The predicted molar refractivity (Wildman–Crippen MR) is 126 cm³/mol. The summed E-state index contributed by atoms with van der Waals surface area (Å²) in [6, 6.07) is 19.8. The quantitative estimate of drug-likeness (QED) is 0.470. The van der Waals surface area contributed by atoms with Crippen molar-refractivity contribution in [1.82, 2.24) is 4.90 Å². The highest BCUT2D eigenvalue weighted by atomic mass is 32.1. The molecular weight excluding hydrogens is 424 g/mol. The minimum absolute atomic E-state index is 0.0526. The Kier molecular flexibility index (Phi) is 7.78. The number of hydrogen-bond donors (Lipinski definition) is 0. The molecule has 2 amide bonds. The summed E-state index contributed by atoms with van der Waals surface area (Å²) in [6.45, 7) is 3.90. The van der Waals surface area contributed by atoms with Crippen molar-refractivity contribution in [1.29, 1.82) is 0 Å². The lowest BCUT2D eigenvalue weighted by Crippen LogP contribution is -2.39. The van der Waals surface area contributed by atoms with E-state index in [1.165, 1.54) is 16.2 Å². The Hall–Kier alpha value is -3.45. The smallest absolute Gasteiger partial charge is 0.340 e. The Morgan fingerprint density at radius 1 is 0.938 bits per heavy atom. The van der Waals surface area contributed by atoms with Gasteiger partial charge >= 0.3 is 5.97 Å². The molecule has 0 radical (unpaired) electrons. The van der Waals surface area contributed by atoms with E-state index in [9.17, 15) is 14.4 Å². The number of esters is 1. The monoisotopic (exact) mass is 450 g/mol. The lowest BCUT2D eigenvalue weighted by molar-refractivity contribution is -0.136. The summed E-state index contributed by atoms with van der Waals surface area (Å²) >= 11 is 1.33. The third-order valence-electron chi connectivity index (χ3n) is 4.99. The van der Waals surface area contributed by atoms with E-state index in [0.29, 0.717) is 17.1 Å². The van der Waals surface area contributed by atoms with Gasteiger partial charge in [-0.1, -0.05) is 48.5 Å². The van der Waals surface area contributed by atoms with Crippen molar-refractivity contribution in [2.24, 2.45) is 0 Å². The van der Waals surface area contributed by atoms with Gasteiger partial charge in [-0.05, 0) is 43.0 Å². The third-order valence-corrected chi connectivity index (χ3v) is 5.85. The first-order chi connectivity index (χ1) is 15.4. The molecular formula is C25H26N2O4S. The number of benzene rings is 2. The van der Waals surface area contributed by atoms with Crippen LogP contribution < -0.4 is 4.90 Å². The normalized spacial score (nSPS) is 10.6. The van der Waals surface area contributed by atoms with Crippen molar-refractivity contribution >= 4 is 34.8 Å². The Morgan fingerprint density at radius 2 is 1.62 bits per heavy atom. The SMILES string of the molecule is CC(C)N(Cc1ccccc1)C(=O)COC(=O)c1ccccc1N(C)C(=O)c1cccs1. The Morgan fingerprint density at radius 3 is 2.28 bits per heavy atom. The van der Waals surface area contributed by atoms with Gasteiger partial charge in [-0.2, -0.15) is 0 Å². The van der Waals surface area contributed by atoms with Crippen LogP contribution in [-0.2, 0) is 16.1 Å². The number of hydrogen-bond acceptors (Lipinski definition) is 5. The van der Waals surface area contributed by atoms with Gasteiger partial charge in [-0.25, -0.2) is 4.79 Å². The molecule has 1 aromatic heterocycles. The molecule has 0 fully saturated rings. The molecule has 32 heavy (non-hydrogen) atoms. The lowest BCUT2D eigenvalue weighted by Gasteiger charge is -2.27. The van der Waals surface area contributed by atoms with E-state index in [4.69, 9.17) is 4.74 Å². The van der Waals surface area contributed by atoms with Crippen molar-refractivity contribution in [3.63, 3.8) is 0 Å². The molecule has 3 rings (SSSR count). The maximum absolute atomic E-state index is 12.8. The van der Waals surface area contributed by atoms with Crippen molar-refractivity contribution in [2.75, 3.05) is 18.6 Å². The van der Waals surface area contributed by atoms with E-state index >= 15 is 0 Å². The molecule has 7 heteroatoms. The highest BCUT2D eigenvalue weighted by Crippen LogP contribution is 2.23. The van der Waals surface area contributed by atoms with Crippen LogP contribution in [0.4, 0.5) is 5.69 Å². The van der Waals surface area contributed by atoms with Crippen LogP contribution in [0.5, 0.6) is 0 Å². The predicted octanol–water partition coefficient (Wildman–Crippen LogP) is 4.62. The number of anilines is 1. The van der Waals surface area contributed by atoms with Gasteiger partial charge in [0.1, 0.15) is 0 Å². The molecule has 1 heterocycles. The number of ether oxygens (including phenoxy) is 1. The largest absolute Gasteiger partial charge is 0.452 e. The van der Waals surface area contributed by atoms with E-state index in [0.717, 1.165) is 5.56 Å². The number of thiophene rings is 1. The van der Waals surface area contributed by atoms with Crippen LogP contribution in [0.25, 0.3) is 0 Å². The maximum Gasteiger partial charge on any atom is 0.340 e. The summed E-state index contributed by atoms with van der Waals surface area (Å²) in [4.78, 5) is 42.0. The molecule has 0 unspecified atom stereocenters. The van der Waals surface area contributed by atoms with E-state index in [1.54, 1.807) is 48.3 Å². The number of carbonyl (C=O) groups is 3. The Bertz CT molecular complexity index is 1060. The van der Waals surface area contributed by atoms with Crippen LogP contribution >= 0.6 is 11.3 Å². The van der Waals surface area contributed by atoms with Crippen LogP contribution in [0.2, 0.25) is 0 Å². The minimum Gasteiger partial charge on any atom is -0.452 e. The second-order valence-electron chi connectivity index (χ2n) is 7.54. The van der Waals surface area contributed by atoms with E-state index in [1.807, 2.05) is 49.6 Å². The fourth-order valence-corrected chi connectivity index (χ4v) is 3.94. The van der Waals surface area contributed by atoms with Crippen molar-refractivity contribution in [2.45, 2.75) is 26.4 Å². The molecule has 0 aliphatic rings. The zero-order valence-corrected chi connectivity index (χ0v) is 19.2. The summed E-state index contributed by atoms with van der Waals surface area (Å²) in [7, 11) is 1.61. The van der Waals surface area contributed by atoms with Crippen LogP contribution in [0, 0.1) is 0 Å². The molecule has 0 N–H and O–H groups in total. The van der Waals surface area contributed by atoms with Gasteiger partial charge < -0.3 is 14.5 Å². The van der Waals surface area contributed by atoms with Crippen molar-refractivity contribution in [3.05, 3.63) is 88.1 Å². The second kappa shape index (κ2) is 10.7. The number of nitrogens with zero attached hydrogens (tertiary/aromatic N) is 2. The minimum atomic E-state index is -0.650. The summed E-state index contributed by atoms with van der Waals surface area (Å²) in [6.07, 6.45) is 0. The molecule has 0 aliphatic carbocycles. The molecule has 0 bridgehead atoms. The molecule has 6 nitrogen and oxygen atoms in total. The molecule has 0 saturated carbocycles. The van der Waals surface area contributed by atoms with Crippen LogP contribution in [0.15, 0.2) is 72.1 Å². The lowest BCUT2D eigenvalue weighted by atomic mass is 10.1. The summed E-state index contributed by atoms with van der Waals surface area (Å²) in [5, 5.41) is 1.82. The average molecular weight is 451 g/mol. The highest BCUT2D eigenvalue weighted by molar-refractivity contribution is 7.12. The summed E-state index contributed by atoms with van der Waals surface area (Å²) in [5.74, 6) is -1.15. The van der Waals surface area contributed by atoms with E-state index in [2.05, 4.69) is 0 Å². The molecule has 2 aromatic carbocycles. The van der Waals surface area contributed by atoms with Gasteiger partial charge in [0.2, 0.25) is 0 Å². The second-order valence-corrected chi connectivity index (χ2v) is 8.48. The standard InChI is InChI=1S/C25H26N2O4S/c1-18(2)27(16-19-10-5-4-6-11-19)23(28)17-31-25(30)20-12-7-8-13-21(20)26(3)24(29)22-14-9-15-32-22/h4-15,18H,16-17H2,1-3H3. The summed E-state index contributed by atoms with van der Waals surface area (Å²) in [5.41, 5.74) is 1.65. The van der Waals surface area contributed by atoms with Crippen molar-refractivity contribution < 1.29 is 19.1 Å². The van der Waals surface area contributed by atoms with E-state index < -0.39 is 5.97 Å². The Labute approximate surface area is 192 Å². The van der Waals surface area contributed by atoms with Crippen molar-refractivity contribution in [3.8, 4) is 0 Å². The molecule has 166 valence electrons. The average Bonchev–Trinajstić information content (AvgIpc) is 3.35. The fourth-order valence-electron chi connectivity index (χ4n) is 3.24. The first kappa shape index (κ1) is 23.2. The molecule has 0 saturated heterocycles. The van der Waals surface area contributed by atoms with Crippen LogP contribution in [0.3, 0.4) is 0 Å². The number of carbonyl (C=O) groups excluding carboxylic acids is 3. The number of rotatable bonds is 8. The van der Waals surface area contributed by atoms with Gasteiger partial charge in [0.05, 0.1) is 16.1 Å². The molecule has 3 aromatic rings. The van der Waals surface area contributed by atoms with Crippen LogP contribution in [0.1, 0.15) is 39.4 Å². The fraction of sp³-hybridized carbons (Fsp3) is 0.240. The Balaban J connectivity index is 1.69. The van der Waals surface area contributed by atoms with Crippen LogP contribution in [-0.4, -0.2) is 42.4 Å². The molecule has 0 aliphatic heterocycles. The zero-order chi connectivity index (χ0) is 23.1. The third kappa shape index (κ3) is 5.62. The van der Waals surface area contributed by atoms with Gasteiger partial charge in [0.25, 0.3) is 11.8 Å². The molecule has 0 atom stereocenters. The first-order valence-electron chi connectivity index (χ1n) is 10.3. The highest BCUT2D eigenvalue weighted by Gasteiger charge is 2.23. The van der Waals surface area contributed by atoms with E-state index in [-0.39, 0.29) is 30.0 Å². The van der Waals surface area contributed by atoms with Gasteiger partial charge in [0, 0.05) is 19.6 Å². The van der Waals surface area contributed by atoms with Gasteiger partial charge in [-0.15, -0.1) is 11.3 Å². The maximum atomic E-state index is 12.8. The topological polar surface area (TPSA) is 66.9 Å². The number of amides is 2. The van der Waals surface area contributed by atoms with Gasteiger partial charge in [0.15, 0.2) is 6.61 Å². The van der Waals surface area contributed by atoms with Gasteiger partial charge in [-0.3, -0.25) is 9.59 Å². The summed E-state index contributed by atoms with van der Waals surface area (Å²) < 4.78 is 5.35. The first-order valence-corrected chi connectivity index (χ1v) is 11.2.